The summed E-state index contributed by atoms with van der Waals surface area (Å²) in [5.74, 6) is 0.525. The number of hydrogen-bond acceptors (Lipinski definition) is 4. The van der Waals surface area contributed by atoms with E-state index in [0.717, 1.165) is 6.54 Å². The SMILES string of the molecule is CCNS(=O)(=O)CCNCC(C)COC. The molecule has 0 spiro atoms. The molecule has 0 aliphatic rings. The Labute approximate surface area is 92.6 Å². The first-order chi connectivity index (χ1) is 7.02. The summed E-state index contributed by atoms with van der Waals surface area (Å²) in [7, 11) is -1.43. The number of hydrogen-bond donors (Lipinski definition) is 2. The first-order valence-corrected chi connectivity index (χ1v) is 6.84. The zero-order valence-corrected chi connectivity index (χ0v) is 10.6. The van der Waals surface area contributed by atoms with E-state index in [1.54, 1.807) is 14.0 Å². The fourth-order valence-corrected chi connectivity index (χ4v) is 2.19. The van der Waals surface area contributed by atoms with Crippen LogP contribution < -0.4 is 10.0 Å². The van der Waals surface area contributed by atoms with Crippen LogP contribution in [0.1, 0.15) is 13.8 Å². The Morgan fingerprint density at radius 1 is 1.40 bits per heavy atom. The summed E-state index contributed by atoms with van der Waals surface area (Å²) in [6, 6.07) is 0. The third kappa shape index (κ3) is 8.80. The van der Waals surface area contributed by atoms with Gasteiger partial charge in [0.15, 0.2) is 0 Å². The van der Waals surface area contributed by atoms with Crippen molar-refractivity contribution < 1.29 is 13.2 Å². The molecule has 1 unspecified atom stereocenters. The molecule has 15 heavy (non-hydrogen) atoms. The van der Waals surface area contributed by atoms with Crippen molar-refractivity contribution in [2.45, 2.75) is 13.8 Å². The molecule has 0 rings (SSSR count). The number of rotatable bonds is 9. The molecule has 6 heteroatoms. The van der Waals surface area contributed by atoms with Crippen LogP contribution >= 0.6 is 0 Å². The van der Waals surface area contributed by atoms with E-state index in [1.807, 2.05) is 0 Å². The van der Waals surface area contributed by atoms with Crippen molar-refractivity contribution in [3.05, 3.63) is 0 Å². The standard InChI is InChI=1S/C9H22N2O3S/c1-4-11-15(12,13)6-5-10-7-9(2)8-14-3/h9-11H,4-8H2,1-3H3. The number of ether oxygens (including phenoxy) is 1. The van der Waals surface area contributed by atoms with Crippen LogP contribution in [-0.2, 0) is 14.8 Å². The molecule has 0 saturated carbocycles. The maximum absolute atomic E-state index is 11.2. The van der Waals surface area contributed by atoms with Crippen LogP contribution in [0.15, 0.2) is 0 Å². The van der Waals surface area contributed by atoms with Crippen LogP contribution in [0.3, 0.4) is 0 Å². The van der Waals surface area contributed by atoms with Crippen LogP contribution in [0.4, 0.5) is 0 Å². The minimum atomic E-state index is -3.09. The first-order valence-electron chi connectivity index (χ1n) is 5.18. The molecule has 1 atom stereocenters. The molecule has 0 bridgehead atoms. The monoisotopic (exact) mass is 238 g/mol. The van der Waals surface area contributed by atoms with E-state index in [2.05, 4.69) is 17.0 Å². The van der Waals surface area contributed by atoms with Gasteiger partial charge in [0.25, 0.3) is 0 Å². The fraction of sp³-hybridized carbons (Fsp3) is 1.00. The molecule has 0 saturated heterocycles. The van der Waals surface area contributed by atoms with Crippen molar-refractivity contribution in [2.24, 2.45) is 5.92 Å². The Morgan fingerprint density at radius 2 is 2.07 bits per heavy atom. The molecule has 0 amide bonds. The van der Waals surface area contributed by atoms with Gasteiger partial charge >= 0.3 is 0 Å². The molecule has 0 aromatic heterocycles. The van der Waals surface area contributed by atoms with E-state index in [1.165, 1.54) is 0 Å². The van der Waals surface area contributed by atoms with Gasteiger partial charge in [0, 0.05) is 26.8 Å². The molecule has 2 N–H and O–H groups in total. The number of sulfonamides is 1. The summed E-state index contributed by atoms with van der Waals surface area (Å²) >= 11 is 0. The molecule has 0 aliphatic heterocycles. The summed E-state index contributed by atoms with van der Waals surface area (Å²) in [5, 5.41) is 3.09. The Kier molecular flexibility index (Phi) is 7.95. The van der Waals surface area contributed by atoms with Gasteiger partial charge in [0.05, 0.1) is 5.75 Å². The Bertz CT molecular complexity index is 242. The third-order valence-electron chi connectivity index (χ3n) is 1.86. The van der Waals surface area contributed by atoms with Crippen molar-refractivity contribution in [3.8, 4) is 0 Å². The van der Waals surface area contributed by atoms with Gasteiger partial charge in [-0.1, -0.05) is 13.8 Å². The molecule has 0 aliphatic carbocycles. The lowest BCUT2D eigenvalue weighted by Crippen LogP contribution is -2.33. The highest BCUT2D eigenvalue weighted by Crippen LogP contribution is 1.91. The summed E-state index contributed by atoms with van der Waals surface area (Å²) in [4.78, 5) is 0. The van der Waals surface area contributed by atoms with Crippen LogP contribution in [-0.4, -0.2) is 47.5 Å². The van der Waals surface area contributed by atoms with E-state index in [0.29, 0.717) is 25.6 Å². The minimum Gasteiger partial charge on any atom is -0.384 e. The predicted octanol–water partition coefficient (Wildman–Crippen LogP) is -0.202. The van der Waals surface area contributed by atoms with Gasteiger partial charge in [-0.3, -0.25) is 0 Å². The molecule has 0 aromatic carbocycles. The Morgan fingerprint density at radius 3 is 2.60 bits per heavy atom. The summed E-state index contributed by atoms with van der Waals surface area (Å²) in [6.07, 6.45) is 0. The van der Waals surface area contributed by atoms with Crippen molar-refractivity contribution in [2.75, 3.05) is 39.1 Å². The van der Waals surface area contributed by atoms with Gasteiger partial charge in [0.2, 0.25) is 10.0 Å². The highest BCUT2D eigenvalue weighted by molar-refractivity contribution is 7.89. The maximum atomic E-state index is 11.2. The second kappa shape index (κ2) is 8.04. The van der Waals surface area contributed by atoms with Crippen LogP contribution in [0.25, 0.3) is 0 Å². The van der Waals surface area contributed by atoms with Crippen molar-refractivity contribution in [3.63, 3.8) is 0 Å². The molecule has 92 valence electrons. The van der Waals surface area contributed by atoms with Gasteiger partial charge in [0.1, 0.15) is 0 Å². The minimum absolute atomic E-state index is 0.126. The lowest BCUT2D eigenvalue weighted by atomic mass is 10.2. The highest BCUT2D eigenvalue weighted by atomic mass is 32.2. The zero-order chi connectivity index (χ0) is 11.7. The topological polar surface area (TPSA) is 67.4 Å². The van der Waals surface area contributed by atoms with E-state index in [4.69, 9.17) is 4.74 Å². The molecule has 0 radical (unpaired) electrons. The average molecular weight is 238 g/mol. The van der Waals surface area contributed by atoms with Crippen molar-refractivity contribution in [1.29, 1.82) is 0 Å². The van der Waals surface area contributed by atoms with E-state index in [9.17, 15) is 8.42 Å². The van der Waals surface area contributed by atoms with Gasteiger partial charge in [-0.2, -0.15) is 0 Å². The zero-order valence-electron chi connectivity index (χ0n) is 9.75. The summed E-state index contributed by atoms with van der Waals surface area (Å²) < 4.78 is 29.9. The molecule has 0 aromatic rings. The van der Waals surface area contributed by atoms with E-state index >= 15 is 0 Å². The maximum Gasteiger partial charge on any atom is 0.212 e. The molecule has 0 fully saturated rings. The van der Waals surface area contributed by atoms with Gasteiger partial charge in [-0.15, -0.1) is 0 Å². The number of nitrogens with one attached hydrogen (secondary N) is 2. The van der Waals surface area contributed by atoms with Gasteiger partial charge in [-0.25, -0.2) is 13.1 Å². The Hall–Kier alpha value is -0.170. The largest absolute Gasteiger partial charge is 0.384 e. The number of methoxy groups -OCH3 is 1. The van der Waals surface area contributed by atoms with Crippen molar-refractivity contribution in [1.82, 2.24) is 10.0 Å². The second-order valence-electron chi connectivity index (χ2n) is 3.58. The molecule has 0 heterocycles. The lowest BCUT2D eigenvalue weighted by Gasteiger charge is -2.11. The fourth-order valence-electron chi connectivity index (χ4n) is 1.19. The summed E-state index contributed by atoms with van der Waals surface area (Å²) in [5.41, 5.74) is 0. The van der Waals surface area contributed by atoms with E-state index in [-0.39, 0.29) is 5.75 Å². The first kappa shape index (κ1) is 14.8. The average Bonchev–Trinajstić information content (AvgIpc) is 2.13. The van der Waals surface area contributed by atoms with E-state index < -0.39 is 10.0 Å². The smallest absolute Gasteiger partial charge is 0.212 e. The third-order valence-corrected chi connectivity index (χ3v) is 3.33. The Balaban J connectivity index is 3.54. The van der Waals surface area contributed by atoms with Gasteiger partial charge in [-0.05, 0) is 12.5 Å². The van der Waals surface area contributed by atoms with Crippen LogP contribution in [0.2, 0.25) is 0 Å². The van der Waals surface area contributed by atoms with Crippen LogP contribution in [0.5, 0.6) is 0 Å². The molecule has 5 nitrogen and oxygen atoms in total. The van der Waals surface area contributed by atoms with Crippen molar-refractivity contribution >= 4 is 10.0 Å². The quantitative estimate of drug-likeness (QED) is 0.546. The van der Waals surface area contributed by atoms with Crippen LogP contribution in [0, 0.1) is 5.92 Å². The highest BCUT2D eigenvalue weighted by Gasteiger charge is 2.07. The predicted molar refractivity (Wildman–Crippen MR) is 61.4 cm³/mol. The molecular formula is C9H22N2O3S. The lowest BCUT2D eigenvalue weighted by molar-refractivity contribution is 0.159. The molecular weight excluding hydrogens is 216 g/mol. The second-order valence-corrected chi connectivity index (χ2v) is 5.51. The normalized spacial score (nSPS) is 14.1. The summed E-state index contributed by atoms with van der Waals surface area (Å²) in [6.45, 7) is 6.20. The van der Waals surface area contributed by atoms with Gasteiger partial charge < -0.3 is 10.1 Å².